The SMILES string of the molecule is CCC(=O)NCCN(CCc1ccccc1OC)C(C)=O. The number of nitrogens with zero attached hydrogens (tertiary/aromatic N) is 1. The molecule has 1 aromatic rings. The number of para-hydroxylation sites is 1. The first-order chi connectivity index (χ1) is 10.1. The summed E-state index contributed by atoms with van der Waals surface area (Å²) in [5, 5.41) is 2.78. The molecule has 0 saturated heterocycles. The molecule has 0 radical (unpaired) electrons. The third-order valence-electron chi connectivity index (χ3n) is 3.31. The summed E-state index contributed by atoms with van der Waals surface area (Å²) in [5.74, 6) is 0.846. The molecule has 0 aromatic heterocycles. The number of amides is 2. The second-order valence-electron chi connectivity index (χ2n) is 4.77. The molecule has 5 nitrogen and oxygen atoms in total. The van der Waals surface area contributed by atoms with Crippen molar-refractivity contribution in [2.24, 2.45) is 0 Å². The van der Waals surface area contributed by atoms with Gasteiger partial charge in [0.2, 0.25) is 11.8 Å². The van der Waals surface area contributed by atoms with E-state index in [0.717, 1.165) is 17.7 Å². The highest BCUT2D eigenvalue weighted by molar-refractivity contribution is 5.76. The third-order valence-corrected chi connectivity index (χ3v) is 3.31. The Balaban J connectivity index is 2.51. The van der Waals surface area contributed by atoms with Gasteiger partial charge in [-0.15, -0.1) is 0 Å². The van der Waals surface area contributed by atoms with Crippen LogP contribution in [0.25, 0.3) is 0 Å². The van der Waals surface area contributed by atoms with Crippen LogP contribution >= 0.6 is 0 Å². The highest BCUT2D eigenvalue weighted by atomic mass is 16.5. The molecular weight excluding hydrogens is 268 g/mol. The molecule has 0 spiro atoms. The molecule has 0 aliphatic rings. The molecule has 2 amide bonds. The van der Waals surface area contributed by atoms with Crippen molar-refractivity contribution in [3.8, 4) is 5.75 Å². The monoisotopic (exact) mass is 292 g/mol. The van der Waals surface area contributed by atoms with Crippen molar-refractivity contribution in [1.82, 2.24) is 10.2 Å². The van der Waals surface area contributed by atoms with Gasteiger partial charge >= 0.3 is 0 Å². The summed E-state index contributed by atoms with van der Waals surface area (Å²) in [7, 11) is 1.64. The van der Waals surface area contributed by atoms with Crippen LogP contribution in [0, 0.1) is 0 Å². The lowest BCUT2D eigenvalue weighted by molar-refractivity contribution is -0.129. The van der Waals surface area contributed by atoms with E-state index in [1.54, 1.807) is 25.9 Å². The van der Waals surface area contributed by atoms with Crippen LogP contribution in [-0.4, -0.2) is 43.5 Å². The number of hydrogen-bond donors (Lipinski definition) is 1. The lowest BCUT2D eigenvalue weighted by Gasteiger charge is -2.21. The van der Waals surface area contributed by atoms with Crippen molar-refractivity contribution in [2.45, 2.75) is 26.7 Å². The Kier molecular flexibility index (Phi) is 7.29. The standard InChI is InChI=1S/C16H24N2O3/c1-4-16(20)17-10-12-18(13(2)19)11-9-14-7-5-6-8-15(14)21-3/h5-8H,4,9-12H2,1-3H3,(H,17,20). The minimum atomic E-state index is 0.00299. The topological polar surface area (TPSA) is 58.6 Å². The van der Waals surface area contributed by atoms with Gasteiger partial charge in [0, 0.05) is 33.0 Å². The lowest BCUT2D eigenvalue weighted by atomic mass is 10.1. The Morgan fingerprint density at radius 1 is 1.24 bits per heavy atom. The molecule has 5 heteroatoms. The molecule has 0 heterocycles. The first kappa shape index (κ1) is 17.0. The van der Waals surface area contributed by atoms with Crippen LogP contribution in [0.2, 0.25) is 0 Å². The van der Waals surface area contributed by atoms with Crippen LogP contribution in [0.4, 0.5) is 0 Å². The van der Waals surface area contributed by atoms with Gasteiger partial charge < -0.3 is 15.0 Å². The van der Waals surface area contributed by atoms with Crippen LogP contribution in [0.1, 0.15) is 25.8 Å². The summed E-state index contributed by atoms with van der Waals surface area (Å²) in [5.41, 5.74) is 1.07. The Morgan fingerprint density at radius 3 is 2.57 bits per heavy atom. The molecule has 0 saturated carbocycles. The highest BCUT2D eigenvalue weighted by Crippen LogP contribution is 2.17. The fraction of sp³-hybridized carbons (Fsp3) is 0.500. The average molecular weight is 292 g/mol. The molecular formula is C16H24N2O3. The smallest absolute Gasteiger partial charge is 0.219 e. The first-order valence-corrected chi connectivity index (χ1v) is 7.22. The number of carbonyl (C=O) groups is 2. The normalized spacial score (nSPS) is 10.0. The van der Waals surface area contributed by atoms with E-state index in [9.17, 15) is 9.59 Å². The number of carbonyl (C=O) groups excluding carboxylic acids is 2. The second kappa shape index (κ2) is 9.00. The fourth-order valence-electron chi connectivity index (χ4n) is 2.05. The van der Waals surface area contributed by atoms with Gasteiger partial charge in [0.15, 0.2) is 0 Å². The maximum absolute atomic E-state index is 11.6. The van der Waals surface area contributed by atoms with Crippen molar-refractivity contribution in [3.63, 3.8) is 0 Å². The van der Waals surface area contributed by atoms with Crippen molar-refractivity contribution >= 4 is 11.8 Å². The fourth-order valence-corrected chi connectivity index (χ4v) is 2.05. The average Bonchev–Trinajstić information content (AvgIpc) is 2.50. The number of benzene rings is 1. The van der Waals surface area contributed by atoms with E-state index in [2.05, 4.69) is 5.32 Å². The second-order valence-corrected chi connectivity index (χ2v) is 4.77. The van der Waals surface area contributed by atoms with E-state index < -0.39 is 0 Å². The van der Waals surface area contributed by atoms with Crippen LogP contribution < -0.4 is 10.1 Å². The quantitative estimate of drug-likeness (QED) is 0.792. The van der Waals surface area contributed by atoms with E-state index in [-0.39, 0.29) is 11.8 Å². The minimum absolute atomic E-state index is 0.00299. The largest absolute Gasteiger partial charge is 0.496 e. The summed E-state index contributed by atoms with van der Waals surface area (Å²) in [6, 6.07) is 7.79. The molecule has 1 rings (SSSR count). The van der Waals surface area contributed by atoms with Crippen LogP contribution in [-0.2, 0) is 16.0 Å². The number of methoxy groups -OCH3 is 1. The summed E-state index contributed by atoms with van der Waals surface area (Å²) in [4.78, 5) is 24.6. The van der Waals surface area contributed by atoms with Crippen molar-refractivity contribution < 1.29 is 14.3 Å². The zero-order valence-electron chi connectivity index (χ0n) is 13.0. The number of ether oxygens (including phenoxy) is 1. The van der Waals surface area contributed by atoms with E-state index in [1.807, 2.05) is 24.3 Å². The minimum Gasteiger partial charge on any atom is -0.496 e. The Bertz CT molecular complexity index is 474. The van der Waals surface area contributed by atoms with E-state index in [1.165, 1.54) is 0 Å². The molecule has 1 N–H and O–H groups in total. The zero-order valence-corrected chi connectivity index (χ0v) is 13.0. The maximum atomic E-state index is 11.6. The van der Waals surface area contributed by atoms with Gasteiger partial charge in [0.25, 0.3) is 0 Å². The van der Waals surface area contributed by atoms with Gasteiger partial charge in [-0.3, -0.25) is 9.59 Å². The molecule has 116 valence electrons. The summed E-state index contributed by atoms with van der Waals surface area (Å²) < 4.78 is 5.30. The Morgan fingerprint density at radius 2 is 1.95 bits per heavy atom. The first-order valence-electron chi connectivity index (χ1n) is 7.22. The number of hydrogen-bond acceptors (Lipinski definition) is 3. The molecule has 0 atom stereocenters. The van der Waals surface area contributed by atoms with Gasteiger partial charge in [-0.05, 0) is 18.1 Å². The zero-order chi connectivity index (χ0) is 15.7. The molecule has 0 bridgehead atoms. The van der Waals surface area contributed by atoms with Gasteiger partial charge in [-0.2, -0.15) is 0 Å². The number of nitrogens with one attached hydrogen (secondary N) is 1. The predicted octanol–water partition coefficient (Wildman–Crippen LogP) is 1.61. The molecule has 0 fully saturated rings. The van der Waals surface area contributed by atoms with Crippen LogP contribution in [0.15, 0.2) is 24.3 Å². The molecule has 0 aliphatic heterocycles. The van der Waals surface area contributed by atoms with Gasteiger partial charge in [-0.25, -0.2) is 0 Å². The van der Waals surface area contributed by atoms with Crippen LogP contribution in [0.5, 0.6) is 5.75 Å². The Hall–Kier alpha value is -2.04. The van der Waals surface area contributed by atoms with E-state index in [4.69, 9.17) is 4.74 Å². The molecule has 21 heavy (non-hydrogen) atoms. The number of rotatable bonds is 8. The maximum Gasteiger partial charge on any atom is 0.219 e. The molecule has 1 aromatic carbocycles. The summed E-state index contributed by atoms with van der Waals surface area (Å²) in [6.07, 6.45) is 1.19. The van der Waals surface area contributed by atoms with Gasteiger partial charge in [-0.1, -0.05) is 25.1 Å². The van der Waals surface area contributed by atoms with E-state index in [0.29, 0.717) is 26.1 Å². The Labute approximate surface area is 126 Å². The van der Waals surface area contributed by atoms with Crippen LogP contribution in [0.3, 0.4) is 0 Å². The highest BCUT2D eigenvalue weighted by Gasteiger charge is 2.10. The summed E-state index contributed by atoms with van der Waals surface area (Å²) >= 11 is 0. The van der Waals surface area contributed by atoms with Crippen molar-refractivity contribution in [1.29, 1.82) is 0 Å². The van der Waals surface area contributed by atoms with Gasteiger partial charge in [0.1, 0.15) is 5.75 Å². The van der Waals surface area contributed by atoms with Gasteiger partial charge in [0.05, 0.1) is 7.11 Å². The predicted molar refractivity (Wildman–Crippen MR) is 82.3 cm³/mol. The van der Waals surface area contributed by atoms with E-state index >= 15 is 0 Å². The van der Waals surface area contributed by atoms with Crippen molar-refractivity contribution in [2.75, 3.05) is 26.7 Å². The summed E-state index contributed by atoms with van der Waals surface area (Å²) in [6.45, 7) is 4.97. The third kappa shape index (κ3) is 5.85. The lowest BCUT2D eigenvalue weighted by Crippen LogP contribution is -2.38. The molecule has 0 unspecified atom stereocenters. The van der Waals surface area contributed by atoms with Crippen molar-refractivity contribution in [3.05, 3.63) is 29.8 Å². The molecule has 0 aliphatic carbocycles.